The fraction of sp³-hybridized carbons (Fsp3) is 0.800. The predicted molar refractivity (Wildman–Crippen MR) is 59.1 cm³/mol. The Bertz CT molecular complexity index is 129. The van der Waals surface area contributed by atoms with Gasteiger partial charge in [0.1, 0.15) is 0 Å². The molecule has 64 valence electrons. The smallest absolute Gasteiger partial charge is 0.00293 e. The van der Waals surface area contributed by atoms with Crippen LogP contribution in [0.5, 0.6) is 0 Å². The monoisotopic (exact) mass is 264 g/mol. The van der Waals surface area contributed by atoms with Gasteiger partial charge in [0.25, 0.3) is 0 Å². The molecule has 0 spiro atoms. The topological polar surface area (TPSA) is 0 Å². The number of allylic oxidation sites excluding steroid dienone is 2. The van der Waals surface area contributed by atoms with E-state index in [0.29, 0.717) is 0 Å². The molecule has 0 amide bonds. The molecular weight excluding hydrogens is 247 g/mol. The minimum atomic E-state index is 0.894. The third-order valence-electron chi connectivity index (χ3n) is 2.61. The normalized spacial score (nSPS) is 32.9. The van der Waals surface area contributed by atoms with E-state index in [-0.39, 0.29) is 0 Å². The Labute approximate surface area is 83.6 Å². The Balaban J connectivity index is 2.44. The van der Waals surface area contributed by atoms with Crippen LogP contribution >= 0.6 is 22.6 Å². The van der Waals surface area contributed by atoms with Crippen molar-refractivity contribution < 1.29 is 0 Å². The predicted octanol–water partition coefficient (Wildman–Crippen LogP) is 3.80. The van der Waals surface area contributed by atoms with Gasteiger partial charge in [-0.15, -0.1) is 0 Å². The number of hydrogen-bond donors (Lipinski definition) is 0. The van der Waals surface area contributed by atoms with Crippen LogP contribution in [-0.4, -0.2) is 4.43 Å². The lowest BCUT2D eigenvalue weighted by atomic mass is 9.80. The number of halogens is 1. The molecule has 1 aliphatic carbocycles. The maximum absolute atomic E-state index is 2.53. The second-order valence-electron chi connectivity index (χ2n) is 3.39. The van der Waals surface area contributed by atoms with Crippen molar-refractivity contribution in [3.05, 3.63) is 12.2 Å². The molecule has 0 N–H and O–H groups in total. The first kappa shape index (κ1) is 9.56. The van der Waals surface area contributed by atoms with Crippen molar-refractivity contribution in [2.75, 3.05) is 4.43 Å². The van der Waals surface area contributed by atoms with Crippen LogP contribution in [0.3, 0.4) is 0 Å². The summed E-state index contributed by atoms with van der Waals surface area (Å²) in [5.41, 5.74) is 0. The van der Waals surface area contributed by atoms with Gasteiger partial charge < -0.3 is 0 Å². The molecule has 0 radical (unpaired) electrons. The van der Waals surface area contributed by atoms with Gasteiger partial charge in [0.05, 0.1) is 0 Å². The molecule has 2 unspecified atom stereocenters. The molecule has 1 fully saturated rings. The van der Waals surface area contributed by atoms with Gasteiger partial charge in [-0.05, 0) is 31.6 Å². The van der Waals surface area contributed by atoms with Crippen molar-refractivity contribution in [2.45, 2.75) is 32.6 Å². The number of alkyl halides is 1. The fourth-order valence-corrected chi connectivity index (χ4v) is 3.02. The van der Waals surface area contributed by atoms with Crippen LogP contribution in [0.25, 0.3) is 0 Å². The van der Waals surface area contributed by atoms with E-state index in [0.717, 1.165) is 11.8 Å². The van der Waals surface area contributed by atoms with Crippen LogP contribution in [0.4, 0.5) is 0 Å². The summed E-state index contributed by atoms with van der Waals surface area (Å²) in [6.45, 7) is 2.14. The van der Waals surface area contributed by atoms with Crippen molar-refractivity contribution >= 4 is 22.6 Å². The highest BCUT2D eigenvalue weighted by Gasteiger charge is 2.21. The van der Waals surface area contributed by atoms with Gasteiger partial charge in [0, 0.05) is 4.43 Å². The molecule has 0 aromatic carbocycles. The molecule has 11 heavy (non-hydrogen) atoms. The van der Waals surface area contributed by atoms with Crippen LogP contribution in [0.15, 0.2) is 12.2 Å². The second kappa shape index (κ2) is 5.18. The summed E-state index contributed by atoms with van der Waals surface area (Å²) in [7, 11) is 0. The minimum Gasteiger partial charge on any atom is -0.0914 e. The van der Waals surface area contributed by atoms with Crippen LogP contribution in [0, 0.1) is 11.8 Å². The first-order valence-electron chi connectivity index (χ1n) is 4.57. The Morgan fingerprint density at radius 3 is 2.73 bits per heavy atom. The first-order valence-corrected chi connectivity index (χ1v) is 6.09. The molecule has 1 saturated carbocycles. The lowest BCUT2D eigenvalue weighted by Crippen LogP contribution is -2.18. The Morgan fingerprint density at radius 1 is 1.36 bits per heavy atom. The third kappa shape index (κ3) is 2.77. The Hall–Kier alpha value is 0.470. The number of rotatable bonds is 2. The molecule has 2 atom stereocenters. The van der Waals surface area contributed by atoms with Gasteiger partial charge in [0.2, 0.25) is 0 Å². The summed E-state index contributed by atoms with van der Waals surface area (Å²) in [4.78, 5) is 0. The zero-order valence-corrected chi connectivity index (χ0v) is 9.38. The SMILES string of the molecule is C/C=C/C1CCCCC1CI. The molecule has 0 nitrogen and oxygen atoms in total. The van der Waals surface area contributed by atoms with Crippen molar-refractivity contribution in [3.63, 3.8) is 0 Å². The van der Waals surface area contributed by atoms with E-state index in [9.17, 15) is 0 Å². The molecule has 0 aromatic rings. The summed E-state index contributed by atoms with van der Waals surface area (Å²) in [5.74, 6) is 1.87. The zero-order valence-electron chi connectivity index (χ0n) is 7.22. The molecular formula is C10H17I. The van der Waals surface area contributed by atoms with E-state index < -0.39 is 0 Å². The molecule has 0 aromatic heterocycles. The van der Waals surface area contributed by atoms with Crippen LogP contribution in [0.2, 0.25) is 0 Å². The summed E-state index contributed by atoms with van der Waals surface area (Å²) < 4.78 is 1.34. The lowest BCUT2D eigenvalue weighted by molar-refractivity contribution is 0.315. The average molecular weight is 264 g/mol. The highest BCUT2D eigenvalue weighted by Crippen LogP contribution is 2.32. The van der Waals surface area contributed by atoms with Crippen LogP contribution in [0.1, 0.15) is 32.6 Å². The summed E-state index contributed by atoms with van der Waals surface area (Å²) in [6.07, 6.45) is 10.4. The van der Waals surface area contributed by atoms with Crippen molar-refractivity contribution in [2.24, 2.45) is 11.8 Å². The summed E-state index contributed by atoms with van der Waals surface area (Å²) >= 11 is 2.53. The molecule has 0 aliphatic heterocycles. The maximum atomic E-state index is 2.53. The van der Waals surface area contributed by atoms with E-state index in [1.54, 1.807) is 0 Å². The van der Waals surface area contributed by atoms with E-state index in [4.69, 9.17) is 0 Å². The molecule has 1 heteroatoms. The van der Waals surface area contributed by atoms with Crippen LogP contribution < -0.4 is 0 Å². The standard InChI is InChI=1S/C10H17I/c1-2-5-9-6-3-4-7-10(9)8-11/h2,5,9-10H,3-4,6-8H2,1H3/b5-2+. The van der Waals surface area contributed by atoms with Crippen molar-refractivity contribution in [1.29, 1.82) is 0 Å². The fourth-order valence-electron chi connectivity index (χ4n) is 1.93. The van der Waals surface area contributed by atoms with Gasteiger partial charge in [0.15, 0.2) is 0 Å². The van der Waals surface area contributed by atoms with Crippen molar-refractivity contribution in [1.82, 2.24) is 0 Å². The largest absolute Gasteiger partial charge is 0.0914 e. The van der Waals surface area contributed by atoms with E-state index in [1.807, 2.05) is 0 Å². The van der Waals surface area contributed by atoms with Gasteiger partial charge >= 0.3 is 0 Å². The van der Waals surface area contributed by atoms with E-state index in [2.05, 4.69) is 41.7 Å². The summed E-state index contributed by atoms with van der Waals surface area (Å²) in [5, 5.41) is 0. The highest BCUT2D eigenvalue weighted by molar-refractivity contribution is 14.1. The second-order valence-corrected chi connectivity index (χ2v) is 4.27. The highest BCUT2D eigenvalue weighted by atomic mass is 127. The molecule has 0 bridgehead atoms. The van der Waals surface area contributed by atoms with Crippen LogP contribution in [-0.2, 0) is 0 Å². The lowest BCUT2D eigenvalue weighted by Gasteiger charge is -2.27. The first-order chi connectivity index (χ1) is 5.38. The van der Waals surface area contributed by atoms with Gasteiger partial charge in [-0.25, -0.2) is 0 Å². The quantitative estimate of drug-likeness (QED) is 0.404. The molecule has 1 rings (SSSR count). The van der Waals surface area contributed by atoms with Gasteiger partial charge in [-0.3, -0.25) is 0 Å². The van der Waals surface area contributed by atoms with E-state index in [1.165, 1.54) is 30.1 Å². The maximum Gasteiger partial charge on any atom is 0.00293 e. The Morgan fingerprint density at radius 2 is 2.09 bits per heavy atom. The number of hydrogen-bond acceptors (Lipinski definition) is 0. The summed E-state index contributed by atoms with van der Waals surface area (Å²) in [6, 6.07) is 0. The van der Waals surface area contributed by atoms with E-state index >= 15 is 0 Å². The third-order valence-corrected chi connectivity index (χ3v) is 3.74. The molecule has 1 aliphatic rings. The molecule has 0 heterocycles. The average Bonchev–Trinajstić information content (AvgIpc) is 2.06. The minimum absolute atomic E-state index is 0.894. The van der Waals surface area contributed by atoms with Gasteiger partial charge in [-0.2, -0.15) is 0 Å². The zero-order chi connectivity index (χ0) is 8.10. The molecule has 0 saturated heterocycles. The van der Waals surface area contributed by atoms with Gasteiger partial charge in [-0.1, -0.05) is 47.6 Å². The van der Waals surface area contributed by atoms with Crippen molar-refractivity contribution in [3.8, 4) is 0 Å². The Kier molecular flexibility index (Phi) is 4.50.